The summed E-state index contributed by atoms with van der Waals surface area (Å²) in [6.45, 7) is 7.38. The van der Waals surface area contributed by atoms with Crippen LogP contribution in [0.15, 0.2) is 48.5 Å². The molecule has 0 saturated carbocycles. The predicted molar refractivity (Wildman–Crippen MR) is 106 cm³/mol. The van der Waals surface area contributed by atoms with Gasteiger partial charge in [-0.25, -0.2) is 4.79 Å². The number of carbonyl (C=O) groups excluding carboxylic acids is 2. The molecule has 4 N–H and O–H groups in total. The Kier molecular flexibility index (Phi) is 7.17. The molecule has 2 aromatic rings. The number of hydrogen-bond acceptors (Lipinski definition) is 3. The Morgan fingerprint density at radius 2 is 1.65 bits per heavy atom. The molecular formula is C20H26N4O2. The van der Waals surface area contributed by atoms with Crippen molar-refractivity contribution < 1.29 is 9.59 Å². The van der Waals surface area contributed by atoms with Gasteiger partial charge < -0.3 is 21.3 Å². The van der Waals surface area contributed by atoms with Crippen LogP contribution in [0.5, 0.6) is 0 Å². The summed E-state index contributed by atoms with van der Waals surface area (Å²) >= 11 is 0. The average molecular weight is 354 g/mol. The van der Waals surface area contributed by atoms with Gasteiger partial charge in [0.05, 0.1) is 0 Å². The molecule has 6 heteroatoms. The maximum absolute atomic E-state index is 12.5. The van der Waals surface area contributed by atoms with Gasteiger partial charge in [0.2, 0.25) is 0 Å². The first-order valence-electron chi connectivity index (χ1n) is 8.77. The lowest BCUT2D eigenvalue weighted by Gasteiger charge is -2.12. The molecule has 0 aliphatic rings. The quantitative estimate of drug-likeness (QED) is 0.613. The van der Waals surface area contributed by atoms with E-state index in [0.717, 1.165) is 17.8 Å². The minimum Gasteiger partial charge on any atom is -0.336 e. The number of hydrogen-bond donors (Lipinski definition) is 4. The van der Waals surface area contributed by atoms with Crippen molar-refractivity contribution in [1.82, 2.24) is 10.6 Å². The highest BCUT2D eigenvalue weighted by Gasteiger charge is 2.10. The molecule has 0 aromatic heterocycles. The fourth-order valence-corrected chi connectivity index (χ4v) is 2.38. The highest BCUT2D eigenvalue weighted by molar-refractivity contribution is 6.05. The number of urea groups is 1. The van der Waals surface area contributed by atoms with Crippen molar-refractivity contribution in [2.24, 2.45) is 0 Å². The van der Waals surface area contributed by atoms with E-state index in [9.17, 15) is 9.59 Å². The molecule has 0 radical (unpaired) electrons. The van der Waals surface area contributed by atoms with E-state index in [-0.39, 0.29) is 18.0 Å². The fraction of sp³-hybridized carbons (Fsp3) is 0.300. The van der Waals surface area contributed by atoms with Crippen LogP contribution in [0.3, 0.4) is 0 Å². The van der Waals surface area contributed by atoms with Crippen molar-refractivity contribution >= 4 is 23.3 Å². The second kappa shape index (κ2) is 9.58. The van der Waals surface area contributed by atoms with E-state index in [0.29, 0.717) is 17.8 Å². The first-order valence-corrected chi connectivity index (χ1v) is 8.77. The Morgan fingerprint density at radius 1 is 0.962 bits per heavy atom. The van der Waals surface area contributed by atoms with Crippen LogP contribution in [0.4, 0.5) is 16.2 Å². The van der Waals surface area contributed by atoms with E-state index in [1.807, 2.05) is 45.0 Å². The maximum atomic E-state index is 12.5. The highest BCUT2D eigenvalue weighted by Crippen LogP contribution is 2.17. The zero-order valence-corrected chi connectivity index (χ0v) is 15.4. The topological polar surface area (TPSA) is 82.3 Å². The van der Waals surface area contributed by atoms with Crippen LogP contribution >= 0.6 is 0 Å². The summed E-state index contributed by atoms with van der Waals surface area (Å²) < 4.78 is 0. The molecule has 6 nitrogen and oxygen atoms in total. The van der Waals surface area contributed by atoms with Crippen LogP contribution in [0.25, 0.3) is 0 Å². The van der Waals surface area contributed by atoms with Crippen molar-refractivity contribution in [2.75, 3.05) is 17.2 Å². The molecule has 0 saturated heterocycles. The van der Waals surface area contributed by atoms with Crippen molar-refractivity contribution in [3.8, 4) is 0 Å². The second-order valence-corrected chi connectivity index (χ2v) is 6.22. The van der Waals surface area contributed by atoms with Gasteiger partial charge >= 0.3 is 6.03 Å². The van der Waals surface area contributed by atoms with E-state index in [1.165, 1.54) is 0 Å². The second-order valence-electron chi connectivity index (χ2n) is 6.22. The standard InChI is InChI=1S/C20H26N4O2/c1-4-21-13-16-7-5-6-8-18(16)24-19(25)15-9-11-17(12-10-15)23-20(26)22-14(2)3/h5-12,14,21H,4,13H2,1-3H3,(H,24,25)(H2,22,23,26). The number of amides is 3. The third kappa shape index (κ3) is 5.89. The number of para-hydroxylation sites is 1. The summed E-state index contributed by atoms with van der Waals surface area (Å²) in [4.78, 5) is 24.2. The number of nitrogens with one attached hydrogen (secondary N) is 4. The normalized spacial score (nSPS) is 10.5. The van der Waals surface area contributed by atoms with Gasteiger partial charge in [-0.15, -0.1) is 0 Å². The largest absolute Gasteiger partial charge is 0.336 e. The maximum Gasteiger partial charge on any atom is 0.319 e. The number of rotatable bonds is 7. The number of carbonyl (C=O) groups is 2. The molecule has 3 amide bonds. The zero-order chi connectivity index (χ0) is 18.9. The first kappa shape index (κ1) is 19.5. The zero-order valence-electron chi connectivity index (χ0n) is 15.4. The molecule has 0 fully saturated rings. The molecule has 2 aromatic carbocycles. The number of anilines is 2. The van der Waals surface area contributed by atoms with Gasteiger partial charge in [0.1, 0.15) is 0 Å². The molecule has 0 spiro atoms. The molecule has 0 heterocycles. The van der Waals surface area contributed by atoms with Crippen LogP contribution < -0.4 is 21.3 Å². The summed E-state index contributed by atoms with van der Waals surface area (Å²) in [5, 5.41) is 11.7. The molecule has 0 aliphatic heterocycles. The molecule has 0 atom stereocenters. The summed E-state index contributed by atoms with van der Waals surface area (Å²) in [7, 11) is 0. The Balaban J connectivity index is 2.01. The van der Waals surface area contributed by atoms with Crippen molar-refractivity contribution in [3.63, 3.8) is 0 Å². The Hall–Kier alpha value is -2.86. The van der Waals surface area contributed by atoms with Crippen molar-refractivity contribution in [3.05, 3.63) is 59.7 Å². The summed E-state index contributed by atoms with van der Waals surface area (Å²) in [5.74, 6) is -0.188. The Morgan fingerprint density at radius 3 is 2.31 bits per heavy atom. The van der Waals surface area contributed by atoms with Gasteiger partial charge in [0.25, 0.3) is 5.91 Å². The van der Waals surface area contributed by atoms with E-state index in [4.69, 9.17) is 0 Å². The lowest BCUT2D eigenvalue weighted by atomic mass is 10.1. The first-order chi connectivity index (χ1) is 12.5. The van der Waals surface area contributed by atoms with Gasteiger partial charge in [-0.3, -0.25) is 4.79 Å². The third-order valence-corrected chi connectivity index (χ3v) is 3.66. The molecule has 2 rings (SSSR count). The van der Waals surface area contributed by atoms with Gasteiger partial charge in [-0.2, -0.15) is 0 Å². The highest BCUT2D eigenvalue weighted by atomic mass is 16.2. The van der Waals surface area contributed by atoms with E-state index < -0.39 is 0 Å². The van der Waals surface area contributed by atoms with Crippen LogP contribution in [0.2, 0.25) is 0 Å². The van der Waals surface area contributed by atoms with E-state index in [1.54, 1.807) is 24.3 Å². The predicted octanol–water partition coefficient (Wildman–Crippen LogP) is 3.58. The van der Waals surface area contributed by atoms with Crippen molar-refractivity contribution in [2.45, 2.75) is 33.4 Å². The Labute approximate surface area is 154 Å². The van der Waals surface area contributed by atoms with E-state index >= 15 is 0 Å². The molecule has 0 bridgehead atoms. The van der Waals surface area contributed by atoms with Gasteiger partial charge in [-0.05, 0) is 56.3 Å². The van der Waals surface area contributed by atoms with Crippen molar-refractivity contribution in [1.29, 1.82) is 0 Å². The lowest BCUT2D eigenvalue weighted by Crippen LogP contribution is -2.34. The minimum atomic E-state index is -0.269. The van der Waals surface area contributed by atoms with Gasteiger partial charge in [-0.1, -0.05) is 25.1 Å². The van der Waals surface area contributed by atoms with Crippen LogP contribution in [0, 0.1) is 0 Å². The summed E-state index contributed by atoms with van der Waals surface area (Å²) in [5.41, 5.74) is 2.98. The lowest BCUT2D eigenvalue weighted by molar-refractivity contribution is 0.102. The van der Waals surface area contributed by atoms with Crippen LogP contribution in [-0.2, 0) is 6.54 Å². The van der Waals surface area contributed by atoms with Crippen LogP contribution in [0.1, 0.15) is 36.7 Å². The smallest absolute Gasteiger partial charge is 0.319 e. The molecule has 0 aliphatic carbocycles. The molecular weight excluding hydrogens is 328 g/mol. The van der Waals surface area contributed by atoms with Gasteiger partial charge in [0, 0.05) is 29.5 Å². The average Bonchev–Trinajstić information content (AvgIpc) is 2.60. The monoisotopic (exact) mass is 354 g/mol. The van der Waals surface area contributed by atoms with Gasteiger partial charge in [0.15, 0.2) is 0 Å². The molecule has 0 unspecified atom stereocenters. The third-order valence-electron chi connectivity index (χ3n) is 3.66. The van der Waals surface area contributed by atoms with Crippen LogP contribution in [-0.4, -0.2) is 24.5 Å². The number of benzene rings is 2. The summed E-state index contributed by atoms with van der Waals surface area (Å²) in [6, 6.07) is 14.3. The molecule has 26 heavy (non-hydrogen) atoms. The molecule has 138 valence electrons. The SMILES string of the molecule is CCNCc1ccccc1NC(=O)c1ccc(NC(=O)NC(C)C)cc1. The fourth-order valence-electron chi connectivity index (χ4n) is 2.38. The Bertz CT molecular complexity index is 742. The van der Waals surface area contributed by atoms with E-state index in [2.05, 4.69) is 21.3 Å². The minimum absolute atomic E-state index is 0.0577. The summed E-state index contributed by atoms with van der Waals surface area (Å²) in [6.07, 6.45) is 0.